The molecule has 0 saturated carbocycles. The fourth-order valence-electron chi connectivity index (χ4n) is 1.84. The van der Waals surface area contributed by atoms with Crippen LogP contribution in [-0.4, -0.2) is 9.97 Å². The smallest absolute Gasteiger partial charge is 0.319 e. The first-order chi connectivity index (χ1) is 8.18. The molecule has 0 unspecified atom stereocenters. The average molecular weight is 329 g/mol. The third kappa shape index (κ3) is 1.91. The Morgan fingerprint density at radius 2 is 1.89 bits per heavy atom. The van der Waals surface area contributed by atoms with Crippen LogP contribution in [-0.2, 0) is 17.1 Å². The normalized spacial score (nSPS) is 10.6. The minimum atomic E-state index is -0.401. The van der Waals surface area contributed by atoms with Crippen LogP contribution < -0.4 is 5.56 Å². The summed E-state index contributed by atoms with van der Waals surface area (Å²) in [4.78, 5) is 18.6. The molecule has 3 rings (SSSR count). The number of aromatic amines is 1. The van der Waals surface area contributed by atoms with Gasteiger partial charge in [0.1, 0.15) is 5.02 Å². The first-order valence-corrected chi connectivity index (χ1v) is 5.69. The van der Waals surface area contributed by atoms with E-state index in [9.17, 15) is 4.79 Å². The maximum Gasteiger partial charge on any atom is 2.00 e. The number of nitrogens with zero attached hydrogens (tertiary/aromatic N) is 1. The van der Waals surface area contributed by atoms with Crippen molar-refractivity contribution in [1.82, 2.24) is 9.97 Å². The van der Waals surface area contributed by atoms with Crippen molar-refractivity contribution in [2.75, 3.05) is 0 Å². The molecule has 0 aliphatic carbocycles. The zero-order valence-electron chi connectivity index (χ0n) is 8.80. The predicted molar refractivity (Wildman–Crippen MR) is 69.9 cm³/mol. The molecule has 1 aromatic carbocycles. The second-order valence-electron chi connectivity index (χ2n) is 3.65. The summed E-state index contributed by atoms with van der Waals surface area (Å²) < 4.78 is 0. The van der Waals surface area contributed by atoms with Crippen molar-refractivity contribution in [3.63, 3.8) is 0 Å². The Hall–Kier alpha value is -1.06. The van der Waals surface area contributed by atoms with Crippen molar-refractivity contribution in [3.8, 4) is 0 Å². The summed E-state index contributed by atoms with van der Waals surface area (Å²) in [5.41, 5.74) is 0.922. The first-order valence-electron chi connectivity index (χ1n) is 4.93. The van der Waals surface area contributed by atoms with Gasteiger partial charge in [0.2, 0.25) is 0 Å². The van der Waals surface area contributed by atoms with Crippen LogP contribution in [0.25, 0.3) is 21.8 Å². The van der Waals surface area contributed by atoms with Gasteiger partial charge in [0.15, 0.2) is 0 Å². The van der Waals surface area contributed by atoms with E-state index in [4.69, 9.17) is 23.2 Å². The van der Waals surface area contributed by atoms with Gasteiger partial charge in [-0.1, -0.05) is 41.4 Å². The number of nitrogens with one attached hydrogen (secondary N) is 1. The summed E-state index contributed by atoms with van der Waals surface area (Å²) in [6.07, 6.45) is 1.67. The molecular weight excluding hydrogens is 323 g/mol. The molecule has 0 amide bonds. The van der Waals surface area contributed by atoms with Crippen molar-refractivity contribution in [1.29, 1.82) is 0 Å². The Balaban J connectivity index is 0.00000120. The molecule has 0 saturated heterocycles. The Labute approximate surface area is 123 Å². The number of hydrogen-bond donors (Lipinski definition) is 1. The molecule has 2 aromatic heterocycles. The summed E-state index contributed by atoms with van der Waals surface area (Å²) in [5.74, 6) is 0. The van der Waals surface area contributed by atoms with Crippen LogP contribution in [0.4, 0.5) is 0 Å². The van der Waals surface area contributed by atoms with Gasteiger partial charge in [-0.15, -0.1) is 0 Å². The molecular formula is C12H6Cl2CuN2O+2. The number of rotatable bonds is 0. The summed E-state index contributed by atoms with van der Waals surface area (Å²) in [5, 5.41) is 1.91. The average Bonchev–Trinajstić information content (AvgIpc) is 2.36. The number of benzene rings is 1. The zero-order valence-corrected chi connectivity index (χ0v) is 11.3. The topological polar surface area (TPSA) is 45.8 Å². The van der Waals surface area contributed by atoms with Crippen molar-refractivity contribution < 1.29 is 17.1 Å². The van der Waals surface area contributed by atoms with Gasteiger partial charge in [-0.05, 0) is 6.07 Å². The van der Waals surface area contributed by atoms with E-state index in [0.29, 0.717) is 16.4 Å². The summed E-state index contributed by atoms with van der Waals surface area (Å²) in [7, 11) is 0. The Bertz CT molecular complexity index is 801. The fourth-order valence-corrected chi connectivity index (χ4v) is 2.23. The van der Waals surface area contributed by atoms with Gasteiger partial charge >= 0.3 is 17.1 Å². The Kier molecular flexibility index (Phi) is 3.64. The number of aromatic nitrogens is 2. The van der Waals surface area contributed by atoms with Crippen LogP contribution in [0.5, 0.6) is 0 Å². The molecule has 18 heavy (non-hydrogen) atoms. The van der Waals surface area contributed by atoms with E-state index in [1.54, 1.807) is 6.20 Å². The summed E-state index contributed by atoms with van der Waals surface area (Å²) in [6.45, 7) is 0. The van der Waals surface area contributed by atoms with E-state index >= 15 is 0 Å². The van der Waals surface area contributed by atoms with Crippen molar-refractivity contribution >= 4 is 45.0 Å². The monoisotopic (exact) mass is 327 g/mol. The molecule has 0 bridgehead atoms. The van der Waals surface area contributed by atoms with E-state index in [1.807, 2.05) is 24.3 Å². The van der Waals surface area contributed by atoms with Gasteiger partial charge in [-0.2, -0.15) is 0 Å². The molecule has 0 fully saturated rings. The quantitative estimate of drug-likeness (QED) is 0.508. The van der Waals surface area contributed by atoms with Gasteiger partial charge in [0.05, 0.1) is 16.1 Å². The maximum absolute atomic E-state index is 11.6. The molecule has 1 N–H and O–H groups in total. The Morgan fingerprint density at radius 1 is 1.11 bits per heavy atom. The third-order valence-corrected chi connectivity index (χ3v) is 3.49. The largest absolute Gasteiger partial charge is 2.00 e. The van der Waals surface area contributed by atoms with Crippen LogP contribution in [0.15, 0.2) is 35.3 Å². The standard InChI is InChI=1S/C12H6Cl2N2O.Cu/c13-8-7-4-3-6-2-1-5-15-10(6)11(7)16-12(17)9(8)14;/h1-5H,(H,16,17);/q;+2. The summed E-state index contributed by atoms with van der Waals surface area (Å²) in [6, 6.07) is 7.47. The van der Waals surface area contributed by atoms with Crippen molar-refractivity contribution in [2.45, 2.75) is 0 Å². The van der Waals surface area contributed by atoms with Crippen molar-refractivity contribution in [3.05, 3.63) is 50.9 Å². The van der Waals surface area contributed by atoms with Crippen LogP contribution in [0.3, 0.4) is 0 Å². The number of halogens is 2. The molecule has 0 aliphatic rings. The molecule has 1 radical (unpaired) electrons. The minimum absolute atomic E-state index is 0. The van der Waals surface area contributed by atoms with Crippen LogP contribution in [0, 0.1) is 0 Å². The number of fused-ring (bicyclic) bond motifs is 3. The zero-order chi connectivity index (χ0) is 12.0. The van der Waals surface area contributed by atoms with E-state index < -0.39 is 5.56 Å². The SMILES string of the molecule is O=c1[nH]c2c(ccc3cccnc32)c(Cl)c1Cl.[Cu+2]. The van der Waals surface area contributed by atoms with E-state index in [1.165, 1.54) is 0 Å². The minimum Gasteiger partial charge on any atom is -0.319 e. The van der Waals surface area contributed by atoms with Gasteiger partial charge < -0.3 is 4.98 Å². The van der Waals surface area contributed by atoms with Gasteiger partial charge in [-0.25, -0.2) is 0 Å². The van der Waals surface area contributed by atoms with Crippen LogP contribution in [0.1, 0.15) is 0 Å². The van der Waals surface area contributed by atoms with Crippen LogP contribution in [0.2, 0.25) is 10.0 Å². The molecule has 93 valence electrons. The Morgan fingerprint density at radius 3 is 2.67 bits per heavy atom. The first kappa shape index (κ1) is 13.4. The van der Waals surface area contributed by atoms with E-state index in [2.05, 4.69) is 9.97 Å². The number of hydrogen-bond acceptors (Lipinski definition) is 2. The van der Waals surface area contributed by atoms with Gasteiger partial charge in [-0.3, -0.25) is 9.78 Å². The second-order valence-corrected chi connectivity index (χ2v) is 4.40. The van der Waals surface area contributed by atoms with E-state index in [-0.39, 0.29) is 27.1 Å². The molecule has 6 heteroatoms. The predicted octanol–water partition coefficient (Wildman–Crippen LogP) is 3.38. The molecule has 3 aromatic rings. The fraction of sp³-hybridized carbons (Fsp3) is 0. The van der Waals surface area contributed by atoms with Gasteiger partial charge in [0.25, 0.3) is 5.56 Å². The maximum atomic E-state index is 11.6. The molecule has 0 spiro atoms. The summed E-state index contributed by atoms with van der Waals surface area (Å²) >= 11 is 11.9. The van der Waals surface area contributed by atoms with E-state index in [0.717, 1.165) is 5.39 Å². The van der Waals surface area contributed by atoms with Crippen molar-refractivity contribution in [2.24, 2.45) is 0 Å². The number of pyridine rings is 2. The molecule has 3 nitrogen and oxygen atoms in total. The van der Waals surface area contributed by atoms with Crippen LogP contribution >= 0.6 is 23.2 Å². The second kappa shape index (κ2) is 4.90. The molecule has 2 heterocycles. The molecule has 0 aliphatic heterocycles. The molecule has 0 atom stereocenters. The van der Waals surface area contributed by atoms with Gasteiger partial charge in [0, 0.05) is 17.0 Å². The number of H-pyrrole nitrogens is 1. The third-order valence-electron chi connectivity index (χ3n) is 2.64.